The molecule has 1 aromatic rings. The molecule has 2 aliphatic rings. The summed E-state index contributed by atoms with van der Waals surface area (Å²) in [5.41, 5.74) is 2.97. The van der Waals surface area contributed by atoms with E-state index in [2.05, 4.69) is 42.4 Å². The zero-order chi connectivity index (χ0) is 12.6. The average molecular weight is 246 g/mol. The second kappa shape index (κ2) is 4.47. The molecule has 0 bridgehead atoms. The highest BCUT2D eigenvalue weighted by molar-refractivity contribution is 5.57. The topological polar surface area (TPSA) is 24.5 Å². The number of anilines is 1. The van der Waals surface area contributed by atoms with Gasteiger partial charge in [0.15, 0.2) is 0 Å². The van der Waals surface area contributed by atoms with E-state index in [4.69, 9.17) is 4.74 Å². The van der Waals surface area contributed by atoms with E-state index < -0.39 is 0 Å². The first-order chi connectivity index (χ1) is 8.65. The van der Waals surface area contributed by atoms with Crippen molar-refractivity contribution in [1.29, 1.82) is 0 Å². The average Bonchev–Trinajstić information content (AvgIpc) is 2.93. The Bertz CT molecular complexity index is 446. The Morgan fingerprint density at radius 3 is 3.11 bits per heavy atom. The minimum atomic E-state index is 0.312. The van der Waals surface area contributed by atoms with E-state index >= 15 is 0 Å². The van der Waals surface area contributed by atoms with Crippen LogP contribution in [0.3, 0.4) is 0 Å². The molecular weight excluding hydrogens is 224 g/mol. The van der Waals surface area contributed by atoms with E-state index in [-0.39, 0.29) is 0 Å². The van der Waals surface area contributed by atoms with E-state index in [1.807, 2.05) is 0 Å². The van der Waals surface area contributed by atoms with Crippen molar-refractivity contribution >= 4 is 5.69 Å². The van der Waals surface area contributed by atoms with Crippen molar-refractivity contribution < 1.29 is 4.74 Å². The summed E-state index contributed by atoms with van der Waals surface area (Å²) in [6.07, 6.45) is 2.35. The molecule has 1 N–H and O–H groups in total. The third kappa shape index (κ3) is 2.32. The summed E-state index contributed by atoms with van der Waals surface area (Å²) in [5, 5.41) is 3.38. The molecule has 98 valence electrons. The number of rotatable bonds is 3. The van der Waals surface area contributed by atoms with Gasteiger partial charge >= 0.3 is 0 Å². The Balaban J connectivity index is 1.63. The van der Waals surface area contributed by atoms with Crippen molar-refractivity contribution in [1.82, 2.24) is 4.90 Å². The Morgan fingerprint density at radius 1 is 1.44 bits per heavy atom. The lowest BCUT2D eigenvalue weighted by Gasteiger charge is -2.24. The molecule has 2 heterocycles. The summed E-state index contributed by atoms with van der Waals surface area (Å²) in [7, 11) is 2.19. The molecule has 1 atom stereocenters. The first-order valence-electron chi connectivity index (χ1n) is 6.83. The molecule has 1 saturated heterocycles. The second-order valence-electron chi connectivity index (χ2n) is 6.08. The van der Waals surface area contributed by atoms with Crippen molar-refractivity contribution in [3.8, 4) is 5.75 Å². The van der Waals surface area contributed by atoms with Gasteiger partial charge in [-0.2, -0.15) is 0 Å². The van der Waals surface area contributed by atoms with E-state index in [1.54, 1.807) is 0 Å². The fourth-order valence-electron chi connectivity index (χ4n) is 3.02. The van der Waals surface area contributed by atoms with Gasteiger partial charge in [0.2, 0.25) is 0 Å². The van der Waals surface area contributed by atoms with Gasteiger partial charge in [-0.1, -0.05) is 6.92 Å². The molecule has 0 aliphatic carbocycles. The normalized spacial score (nSPS) is 27.0. The highest BCUT2D eigenvalue weighted by atomic mass is 16.5. The maximum Gasteiger partial charge on any atom is 0.119 e. The van der Waals surface area contributed by atoms with Gasteiger partial charge in [-0.3, -0.25) is 0 Å². The second-order valence-corrected chi connectivity index (χ2v) is 6.08. The number of fused-ring (bicyclic) bond motifs is 1. The lowest BCUT2D eigenvalue weighted by molar-refractivity contribution is 0.168. The molecule has 0 amide bonds. The van der Waals surface area contributed by atoms with Crippen LogP contribution >= 0.6 is 0 Å². The van der Waals surface area contributed by atoms with Crippen LogP contribution < -0.4 is 10.1 Å². The van der Waals surface area contributed by atoms with Gasteiger partial charge in [-0.25, -0.2) is 0 Å². The summed E-state index contributed by atoms with van der Waals surface area (Å²) < 4.78 is 6.01. The quantitative estimate of drug-likeness (QED) is 0.886. The van der Waals surface area contributed by atoms with Crippen LogP contribution in [0, 0.1) is 5.41 Å². The third-order valence-electron chi connectivity index (χ3n) is 4.12. The fraction of sp³-hybridized carbons (Fsp3) is 0.600. The number of nitrogens with zero attached hydrogens (tertiary/aromatic N) is 1. The molecule has 2 aliphatic heterocycles. The third-order valence-corrected chi connectivity index (χ3v) is 4.12. The number of hydrogen-bond acceptors (Lipinski definition) is 3. The Kier molecular flexibility index (Phi) is 2.94. The van der Waals surface area contributed by atoms with Crippen LogP contribution in [-0.2, 0) is 6.42 Å². The lowest BCUT2D eigenvalue weighted by atomic mass is 9.91. The van der Waals surface area contributed by atoms with Crippen LogP contribution in [0.2, 0.25) is 0 Å². The minimum Gasteiger partial charge on any atom is -0.493 e. The SMILES string of the molecule is CN1CCC(C)(COc2ccc3c(c2)CCN3)C1. The van der Waals surface area contributed by atoms with Crippen LogP contribution in [0.5, 0.6) is 5.75 Å². The standard InChI is InChI=1S/C15H22N2O/c1-15(6-8-17(2)10-15)11-18-13-3-4-14-12(9-13)5-7-16-14/h3-4,9,16H,5-8,10-11H2,1-2H3. The summed E-state index contributed by atoms with van der Waals surface area (Å²) in [6, 6.07) is 6.41. The number of ether oxygens (including phenoxy) is 1. The highest BCUT2D eigenvalue weighted by Crippen LogP contribution is 2.31. The van der Waals surface area contributed by atoms with Crippen LogP contribution in [0.4, 0.5) is 5.69 Å². The van der Waals surface area contributed by atoms with E-state index in [1.165, 1.54) is 24.2 Å². The van der Waals surface area contributed by atoms with Crippen molar-refractivity contribution in [3.05, 3.63) is 23.8 Å². The van der Waals surface area contributed by atoms with Gasteiger partial charge in [-0.15, -0.1) is 0 Å². The van der Waals surface area contributed by atoms with E-state index in [0.717, 1.165) is 31.9 Å². The molecule has 0 spiro atoms. The molecule has 3 nitrogen and oxygen atoms in total. The minimum absolute atomic E-state index is 0.312. The van der Waals surface area contributed by atoms with Gasteiger partial charge in [0.25, 0.3) is 0 Å². The summed E-state index contributed by atoms with van der Waals surface area (Å²) in [4.78, 5) is 2.38. The molecule has 1 fully saturated rings. The van der Waals surface area contributed by atoms with Crippen LogP contribution in [0.25, 0.3) is 0 Å². The van der Waals surface area contributed by atoms with Gasteiger partial charge < -0.3 is 15.0 Å². The van der Waals surface area contributed by atoms with Gasteiger partial charge in [0, 0.05) is 24.2 Å². The first-order valence-corrected chi connectivity index (χ1v) is 6.83. The smallest absolute Gasteiger partial charge is 0.119 e. The molecular formula is C15H22N2O. The summed E-state index contributed by atoms with van der Waals surface area (Å²) >= 11 is 0. The van der Waals surface area contributed by atoms with Crippen LogP contribution in [0.15, 0.2) is 18.2 Å². The van der Waals surface area contributed by atoms with Gasteiger partial charge in [-0.05, 0) is 50.2 Å². The van der Waals surface area contributed by atoms with Gasteiger partial charge in [0.1, 0.15) is 5.75 Å². The zero-order valence-corrected chi connectivity index (χ0v) is 11.3. The monoisotopic (exact) mass is 246 g/mol. The largest absolute Gasteiger partial charge is 0.493 e. The zero-order valence-electron chi connectivity index (χ0n) is 11.3. The molecule has 18 heavy (non-hydrogen) atoms. The van der Waals surface area contributed by atoms with Crippen molar-refractivity contribution in [2.75, 3.05) is 38.6 Å². The lowest BCUT2D eigenvalue weighted by Crippen LogP contribution is -2.28. The molecule has 0 radical (unpaired) electrons. The summed E-state index contributed by atoms with van der Waals surface area (Å²) in [6.45, 7) is 6.53. The van der Waals surface area contributed by atoms with Gasteiger partial charge in [0.05, 0.1) is 6.61 Å². The molecule has 0 aromatic heterocycles. The maximum atomic E-state index is 6.01. The number of nitrogens with one attached hydrogen (secondary N) is 1. The van der Waals surface area contributed by atoms with Crippen LogP contribution in [0.1, 0.15) is 18.9 Å². The molecule has 0 saturated carbocycles. The number of benzene rings is 1. The number of likely N-dealkylation sites (tertiary alicyclic amines) is 1. The molecule has 1 aromatic carbocycles. The fourth-order valence-corrected chi connectivity index (χ4v) is 3.02. The first kappa shape index (κ1) is 11.8. The Morgan fingerprint density at radius 2 is 2.33 bits per heavy atom. The Labute approximate surface area is 109 Å². The van der Waals surface area contributed by atoms with E-state index in [0.29, 0.717) is 5.41 Å². The highest BCUT2D eigenvalue weighted by Gasteiger charge is 2.32. The van der Waals surface area contributed by atoms with Crippen molar-refractivity contribution in [2.24, 2.45) is 5.41 Å². The molecule has 1 unspecified atom stereocenters. The van der Waals surface area contributed by atoms with E-state index in [9.17, 15) is 0 Å². The Hall–Kier alpha value is -1.22. The van der Waals surface area contributed by atoms with Crippen molar-refractivity contribution in [2.45, 2.75) is 19.8 Å². The maximum absolute atomic E-state index is 6.01. The van der Waals surface area contributed by atoms with Crippen molar-refractivity contribution in [3.63, 3.8) is 0 Å². The van der Waals surface area contributed by atoms with Crippen LogP contribution in [-0.4, -0.2) is 38.2 Å². The molecule has 3 rings (SSSR count). The summed E-state index contributed by atoms with van der Waals surface area (Å²) in [5.74, 6) is 1.02. The number of hydrogen-bond donors (Lipinski definition) is 1. The predicted molar refractivity (Wildman–Crippen MR) is 74.4 cm³/mol. The predicted octanol–water partition coefficient (Wildman–Crippen LogP) is 2.38. The molecule has 3 heteroatoms.